The molecule has 0 spiro atoms. The number of rotatable bonds is 5. The van der Waals surface area contributed by atoms with Gasteiger partial charge in [0.2, 0.25) is 0 Å². The van der Waals surface area contributed by atoms with Crippen LogP contribution < -0.4 is 10.6 Å². The summed E-state index contributed by atoms with van der Waals surface area (Å²) in [6, 6.07) is 0. The molecule has 2 N–H and O–H groups in total. The van der Waals surface area contributed by atoms with Crippen molar-refractivity contribution in [2.24, 2.45) is 0 Å². The van der Waals surface area contributed by atoms with Gasteiger partial charge < -0.3 is 15.4 Å². The lowest BCUT2D eigenvalue weighted by molar-refractivity contribution is 0.0364. The van der Waals surface area contributed by atoms with Gasteiger partial charge in [0.15, 0.2) is 0 Å². The van der Waals surface area contributed by atoms with Crippen molar-refractivity contribution in [3.63, 3.8) is 0 Å². The van der Waals surface area contributed by atoms with Crippen molar-refractivity contribution in [3.8, 4) is 0 Å². The Hall–Kier alpha value is -0.910. The summed E-state index contributed by atoms with van der Waals surface area (Å²) < 4.78 is 5.11. The molecule has 0 aromatic carbocycles. The van der Waals surface area contributed by atoms with E-state index in [0.717, 1.165) is 6.42 Å². The Bertz CT molecular complexity index is 231. The maximum Gasteiger partial charge on any atom is 0.407 e. The van der Waals surface area contributed by atoms with E-state index >= 15 is 0 Å². The number of nitrogens with one attached hydrogen (secondary N) is 2. The third-order valence-electron chi connectivity index (χ3n) is 1.89. The first-order valence-electron chi connectivity index (χ1n) is 4.81. The van der Waals surface area contributed by atoms with E-state index in [-0.39, 0.29) is 0 Å². The molecular weight excluding hydrogens is 216 g/mol. The Balaban J connectivity index is 3.62. The highest BCUT2D eigenvalue weighted by atomic mass is 32.1. The van der Waals surface area contributed by atoms with Crippen LogP contribution in [0.5, 0.6) is 0 Å². The average Bonchev–Trinajstić information content (AvgIpc) is 2.11. The van der Waals surface area contributed by atoms with Crippen molar-refractivity contribution >= 4 is 24.0 Å². The third kappa shape index (κ3) is 8.11. The maximum absolute atomic E-state index is 11.2. The standard InChI is InChI=1S/C9H18N2O3S/c1-4-9(2,3)14-7(12)10-5-6-11-8(13)15/h4-6H2,1-3H3,(H,10,12)(H2,11,13,15). The van der Waals surface area contributed by atoms with Crippen LogP contribution in [-0.2, 0) is 4.74 Å². The Kier molecular flexibility index (Phi) is 6.15. The fourth-order valence-electron chi connectivity index (χ4n) is 0.693. The topological polar surface area (TPSA) is 67.4 Å². The highest BCUT2D eigenvalue weighted by Gasteiger charge is 2.19. The molecule has 0 aliphatic heterocycles. The molecule has 0 rings (SSSR count). The van der Waals surface area contributed by atoms with Gasteiger partial charge in [0.25, 0.3) is 5.24 Å². The summed E-state index contributed by atoms with van der Waals surface area (Å²) >= 11 is 3.51. The molecule has 0 saturated heterocycles. The number of carbonyl (C=O) groups is 2. The monoisotopic (exact) mass is 234 g/mol. The minimum absolute atomic E-state index is 0.324. The highest BCUT2D eigenvalue weighted by Crippen LogP contribution is 2.12. The molecular formula is C9H18N2O3S. The minimum Gasteiger partial charge on any atom is -0.444 e. The van der Waals surface area contributed by atoms with Gasteiger partial charge in [-0.25, -0.2) is 4.79 Å². The molecule has 0 radical (unpaired) electrons. The van der Waals surface area contributed by atoms with Crippen molar-refractivity contribution in [2.75, 3.05) is 13.1 Å². The molecule has 0 bridgehead atoms. The Morgan fingerprint density at radius 1 is 1.27 bits per heavy atom. The van der Waals surface area contributed by atoms with E-state index in [1.54, 1.807) is 0 Å². The van der Waals surface area contributed by atoms with Crippen LogP contribution in [0.4, 0.5) is 9.59 Å². The summed E-state index contributed by atoms with van der Waals surface area (Å²) in [4.78, 5) is 21.6. The van der Waals surface area contributed by atoms with E-state index in [2.05, 4.69) is 23.3 Å². The molecule has 0 aromatic heterocycles. The van der Waals surface area contributed by atoms with Gasteiger partial charge in [0, 0.05) is 13.1 Å². The van der Waals surface area contributed by atoms with Crippen molar-refractivity contribution < 1.29 is 14.3 Å². The van der Waals surface area contributed by atoms with Crippen molar-refractivity contribution in [1.29, 1.82) is 0 Å². The molecule has 2 amide bonds. The molecule has 0 unspecified atom stereocenters. The number of hydrogen-bond donors (Lipinski definition) is 3. The first kappa shape index (κ1) is 14.1. The second-order valence-corrected chi connectivity index (χ2v) is 4.07. The second-order valence-electron chi connectivity index (χ2n) is 3.66. The quantitative estimate of drug-likeness (QED) is 0.499. The first-order valence-corrected chi connectivity index (χ1v) is 5.26. The van der Waals surface area contributed by atoms with Crippen LogP contribution >= 0.6 is 12.6 Å². The Morgan fingerprint density at radius 2 is 1.80 bits per heavy atom. The summed E-state index contributed by atoms with van der Waals surface area (Å²) in [5, 5.41) is 4.53. The van der Waals surface area contributed by atoms with Crippen molar-refractivity contribution in [1.82, 2.24) is 10.6 Å². The predicted octanol–water partition coefficient (Wildman–Crippen LogP) is 1.54. The third-order valence-corrected chi connectivity index (χ3v) is 2.05. The molecule has 0 heterocycles. The first-order chi connectivity index (χ1) is 6.87. The van der Waals surface area contributed by atoms with E-state index in [4.69, 9.17) is 4.74 Å². The summed E-state index contributed by atoms with van der Waals surface area (Å²) in [5.74, 6) is 0. The van der Waals surface area contributed by atoms with E-state index in [1.807, 2.05) is 20.8 Å². The van der Waals surface area contributed by atoms with E-state index in [1.165, 1.54) is 0 Å². The zero-order valence-corrected chi connectivity index (χ0v) is 10.2. The molecule has 88 valence electrons. The van der Waals surface area contributed by atoms with Gasteiger partial charge in [0.1, 0.15) is 5.60 Å². The smallest absolute Gasteiger partial charge is 0.407 e. The van der Waals surface area contributed by atoms with Gasteiger partial charge in [-0.15, -0.1) is 0 Å². The summed E-state index contributed by atoms with van der Waals surface area (Å²) in [6.07, 6.45) is 0.267. The number of amides is 2. The zero-order chi connectivity index (χ0) is 11.9. The molecule has 0 fully saturated rings. The van der Waals surface area contributed by atoms with Crippen LogP contribution in [0.3, 0.4) is 0 Å². The summed E-state index contributed by atoms with van der Waals surface area (Å²) in [5.41, 5.74) is -0.461. The van der Waals surface area contributed by atoms with Gasteiger partial charge >= 0.3 is 6.09 Å². The zero-order valence-electron chi connectivity index (χ0n) is 9.29. The van der Waals surface area contributed by atoms with Gasteiger partial charge in [-0.2, -0.15) is 0 Å². The van der Waals surface area contributed by atoms with Crippen molar-refractivity contribution in [2.45, 2.75) is 32.8 Å². The highest BCUT2D eigenvalue weighted by molar-refractivity contribution is 7.96. The van der Waals surface area contributed by atoms with Crippen LogP contribution in [-0.4, -0.2) is 30.0 Å². The van der Waals surface area contributed by atoms with Crippen LogP contribution in [0.15, 0.2) is 0 Å². The van der Waals surface area contributed by atoms with Crippen molar-refractivity contribution in [3.05, 3.63) is 0 Å². The number of thiol groups is 1. The number of hydrogen-bond acceptors (Lipinski definition) is 3. The summed E-state index contributed by atoms with van der Waals surface area (Å²) in [6.45, 7) is 6.27. The maximum atomic E-state index is 11.2. The Labute approximate surface area is 95.4 Å². The molecule has 0 saturated carbocycles. The van der Waals surface area contributed by atoms with Gasteiger partial charge in [-0.05, 0) is 20.3 Å². The molecule has 0 aliphatic carbocycles. The predicted molar refractivity (Wildman–Crippen MR) is 61.2 cm³/mol. The summed E-state index contributed by atoms with van der Waals surface area (Å²) in [7, 11) is 0. The van der Waals surface area contributed by atoms with Crippen LogP contribution in [0, 0.1) is 0 Å². The fourth-order valence-corrected chi connectivity index (χ4v) is 0.805. The van der Waals surface area contributed by atoms with Crippen LogP contribution in [0.1, 0.15) is 27.2 Å². The van der Waals surface area contributed by atoms with Crippen LogP contribution in [0.25, 0.3) is 0 Å². The second kappa shape index (κ2) is 6.55. The van der Waals surface area contributed by atoms with Crippen LogP contribution in [0.2, 0.25) is 0 Å². The molecule has 5 nitrogen and oxygen atoms in total. The number of alkyl carbamates (subject to hydrolysis) is 1. The Morgan fingerprint density at radius 3 is 2.27 bits per heavy atom. The average molecular weight is 234 g/mol. The molecule has 0 aromatic rings. The van der Waals surface area contributed by atoms with E-state index < -0.39 is 16.9 Å². The number of carbonyl (C=O) groups excluding carboxylic acids is 2. The largest absolute Gasteiger partial charge is 0.444 e. The SMILES string of the molecule is CCC(C)(C)OC(=O)NCCNC(=O)S. The lowest BCUT2D eigenvalue weighted by Crippen LogP contribution is -2.37. The minimum atomic E-state index is -0.477. The molecule has 0 atom stereocenters. The van der Waals surface area contributed by atoms with Gasteiger partial charge in [-0.3, -0.25) is 4.79 Å². The number of ether oxygens (including phenoxy) is 1. The van der Waals surface area contributed by atoms with Gasteiger partial charge in [-0.1, -0.05) is 19.6 Å². The lowest BCUT2D eigenvalue weighted by atomic mass is 10.1. The lowest BCUT2D eigenvalue weighted by Gasteiger charge is -2.23. The fraction of sp³-hybridized carbons (Fsp3) is 0.778. The van der Waals surface area contributed by atoms with E-state index in [0.29, 0.717) is 13.1 Å². The van der Waals surface area contributed by atoms with E-state index in [9.17, 15) is 9.59 Å². The van der Waals surface area contributed by atoms with Gasteiger partial charge in [0.05, 0.1) is 0 Å². The normalized spacial score (nSPS) is 10.7. The molecule has 0 aliphatic rings. The molecule has 15 heavy (non-hydrogen) atoms. The molecule has 6 heteroatoms.